The van der Waals surface area contributed by atoms with Crippen molar-refractivity contribution in [2.24, 2.45) is 5.92 Å². The molecule has 2 atom stereocenters. The number of allylic oxidation sites excluding steroid dienone is 4. The van der Waals surface area contributed by atoms with E-state index in [-0.39, 0.29) is 18.6 Å². The summed E-state index contributed by atoms with van der Waals surface area (Å²) in [6, 6.07) is 4.03. The fourth-order valence-corrected chi connectivity index (χ4v) is 4.93. The smallest absolute Gasteiger partial charge is 0.342 e. The number of rotatable bonds is 6. The number of hydrogen-bond donors (Lipinski definition) is 0. The molecule has 2 unspecified atom stereocenters. The first-order chi connectivity index (χ1) is 16.9. The van der Waals surface area contributed by atoms with Crippen LogP contribution in [0.4, 0.5) is 35.1 Å². The van der Waals surface area contributed by atoms with E-state index in [0.717, 1.165) is 18.2 Å². The third kappa shape index (κ3) is 3.66. The molecule has 2 aliphatic carbocycles. The lowest BCUT2D eigenvalue weighted by Gasteiger charge is -2.43. The molecule has 0 heterocycles. The van der Waals surface area contributed by atoms with E-state index in [1.807, 2.05) is 0 Å². The molecule has 0 saturated heterocycles. The van der Waals surface area contributed by atoms with Gasteiger partial charge >= 0.3 is 11.8 Å². The molecule has 36 heavy (non-hydrogen) atoms. The van der Waals surface area contributed by atoms with Gasteiger partial charge in [0.05, 0.1) is 17.7 Å². The first-order valence-electron chi connectivity index (χ1n) is 11.3. The normalized spacial score (nSPS) is 22.0. The molecule has 0 fully saturated rings. The van der Waals surface area contributed by atoms with E-state index in [0.29, 0.717) is 6.42 Å². The largest absolute Gasteiger partial charge is 0.491 e. The average molecular weight is 514 g/mol. The molecule has 0 saturated carbocycles. The maximum Gasteiger partial charge on any atom is 0.342 e. The minimum atomic E-state index is -5.18. The van der Waals surface area contributed by atoms with Crippen molar-refractivity contribution in [1.29, 1.82) is 0 Å². The summed E-state index contributed by atoms with van der Waals surface area (Å²) in [7, 11) is 0. The van der Waals surface area contributed by atoms with E-state index < -0.39 is 80.5 Å². The van der Waals surface area contributed by atoms with Crippen LogP contribution in [0.1, 0.15) is 42.9 Å². The minimum Gasteiger partial charge on any atom is -0.491 e. The number of hydrogen-bond acceptors (Lipinski definition) is 1. The van der Waals surface area contributed by atoms with Gasteiger partial charge < -0.3 is 4.74 Å². The van der Waals surface area contributed by atoms with Gasteiger partial charge in [0.2, 0.25) is 0 Å². The monoisotopic (exact) mass is 514 g/mol. The van der Waals surface area contributed by atoms with Crippen LogP contribution in [0.2, 0.25) is 0 Å². The van der Waals surface area contributed by atoms with Gasteiger partial charge in [-0.05, 0) is 42.9 Å². The Morgan fingerprint density at radius 2 is 1.56 bits per heavy atom. The third-order valence-electron chi connectivity index (χ3n) is 6.63. The Kier molecular flexibility index (Phi) is 6.56. The molecule has 1 nitrogen and oxygen atoms in total. The second kappa shape index (κ2) is 9.09. The topological polar surface area (TPSA) is 9.23 Å². The van der Waals surface area contributed by atoms with Gasteiger partial charge in [-0.3, -0.25) is 0 Å². The SMILES string of the molecule is C=CCCc1ccc(-c2ccc3c(c2F)C(F)(F)C(F)(F)C2=C(F)C(OCC)=CC(C)C23)c(F)c1F. The molecule has 2 aliphatic rings. The summed E-state index contributed by atoms with van der Waals surface area (Å²) >= 11 is 0. The highest BCUT2D eigenvalue weighted by molar-refractivity contribution is 5.69. The summed E-state index contributed by atoms with van der Waals surface area (Å²) in [6.45, 7) is 6.27. The Labute approximate surface area is 202 Å². The predicted molar refractivity (Wildman–Crippen MR) is 119 cm³/mol. The van der Waals surface area contributed by atoms with Crippen LogP contribution in [0.5, 0.6) is 0 Å². The van der Waals surface area contributed by atoms with Crippen LogP contribution in [0.3, 0.4) is 0 Å². The Morgan fingerprint density at radius 3 is 2.19 bits per heavy atom. The Hall–Kier alpha value is -3.10. The standard InChI is InChI=1S/C27H22F8O/c1-4-6-7-14-8-9-16(24(30)22(14)28)15-10-11-17-19-13(3)12-18(36-5-2)25(31)21(19)27(34,35)26(32,33)20(17)23(15)29/h4,8-13,19H,1,5-7H2,2-3H3. The molecule has 192 valence electrons. The first kappa shape index (κ1) is 26.0. The summed E-state index contributed by atoms with van der Waals surface area (Å²) in [5, 5.41) is 0. The van der Waals surface area contributed by atoms with Crippen molar-refractivity contribution in [2.75, 3.05) is 6.61 Å². The van der Waals surface area contributed by atoms with E-state index >= 15 is 26.3 Å². The lowest BCUT2D eigenvalue weighted by molar-refractivity contribution is -0.204. The lowest BCUT2D eigenvalue weighted by Crippen LogP contribution is -2.49. The van der Waals surface area contributed by atoms with E-state index in [2.05, 4.69) is 6.58 Å². The Morgan fingerprint density at radius 1 is 0.917 bits per heavy atom. The van der Waals surface area contributed by atoms with Gasteiger partial charge in [0, 0.05) is 17.0 Å². The average Bonchev–Trinajstić information content (AvgIpc) is 2.81. The predicted octanol–water partition coefficient (Wildman–Crippen LogP) is 8.51. The van der Waals surface area contributed by atoms with Crippen LogP contribution in [0.25, 0.3) is 11.1 Å². The van der Waals surface area contributed by atoms with E-state index in [4.69, 9.17) is 4.74 Å². The van der Waals surface area contributed by atoms with Crippen LogP contribution < -0.4 is 0 Å². The second-order valence-electron chi connectivity index (χ2n) is 8.80. The maximum absolute atomic E-state index is 15.6. The lowest BCUT2D eigenvalue weighted by atomic mass is 9.67. The summed E-state index contributed by atoms with van der Waals surface area (Å²) in [5.41, 5.74) is -5.25. The van der Waals surface area contributed by atoms with Crippen LogP contribution in [-0.2, 0) is 17.1 Å². The van der Waals surface area contributed by atoms with Gasteiger partial charge in [-0.15, -0.1) is 6.58 Å². The molecular weight excluding hydrogens is 492 g/mol. The number of ether oxygens (including phenoxy) is 1. The molecule has 2 aromatic carbocycles. The van der Waals surface area contributed by atoms with E-state index in [9.17, 15) is 8.78 Å². The van der Waals surface area contributed by atoms with Crippen LogP contribution in [0, 0.1) is 23.4 Å². The molecule has 0 N–H and O–H groups in total. The van der Waals surface area contributed by atoms with Gasteiger partial charge in [-0.2, -0.15) is 17.6 Å². The molecule has 0 aromatic heterocycles. The number of benzene rings is 2. The van der Waals surface area contributed by atoms with Gasteiger partial charge in [-0.25, -0.2) is 17.6 Å². The fraction of sp³-hybridized carbons (Fsp3) is 0.333. The highest BCUT2D eigenvalue weighted by Crippen LogP contribution is 2.62. The van der Waals surface area contributed by atoms with E-state index in [1.54, 1.807) is 0 Å². The first-order valence-corrected chi connectivity index (χ1v) is 11.3. The zero-order valence-corrected chi connectivity index (χ0v) is 19.4. The minimum absolute atomic E-state index is 0.0374. The molecule has 0 aliphatic heterocycles. The fourth-order valence-electron chi connectivity index (χ4n) is 4.93. The summed E-state index contributed by atoms with van der Waals surface area (Å²) in [5.74, 6) is -19.7. The van der Waals surface area contributed by atoms with E-state index in [1.165, 1.54) is 32.1 Å². The highest BCUT2D eigenvalue weighted by atomic mass is 19.3. The molecule has 9 heteroatoms. The van der Waals surface area contributed by atoms with Gasteiger partial charge in [0.1, 0.15) is 5.82 Å². The van der Waals surface area contributed by atoms with Crippen molar-refractivity contribution in [2.45, 2.75) is 44.5 Å². The van der Waals surface area contributed by atoms with Gasteiger partial charge in [0.15, 0.2) is 23.2 Å². The third-order valence-corrected chi connectivity index (χ3v) is 6.63. The Bertz CT molecular complexity index is 1290. The number of fused-ring (bicyclic) bond motifs is 3. The van der Waals surface area contributed by atoms with Crippen molar-refractivity contribution in [1.82, 2.24) is 0 Å². The highest BCUT2D eigenvalue weighted by Gasteiger charge is 2.68. The number of halogens is 8. The van der Waals surface area contributed by atoms with Crippen molar-refractivity contribution in [3.05, 3.63) is 94.3 Å². The zero-order chi connectivity index (χ0) is 26.6. The molecular formula is C27H22F8O. The van der Waals surface area contributed by atoms with Crippen molar-refractivity contribution < 1.29 is 39.9 Å². The number of aryl methyl sites for hydroxylation is 1. The van der Waals surface area contributed by atoms with Crippen molar-refractivity contribution in [3.63, 3.8) is 0 Å². The van der Waals surface area contributed by atoms with Crippen LogP contribution in [0.15, 0.2) is 60.2 Å². The quantitative estimate of drug-likeness (QED) is 0.277. The summed E-state index contributed by atoms with van der Waals surface area (Å²) < 4.78 is 126. The van der Waals surface area contributed by atoms with Crippen molar-refractivity contribution >= 4 is 0 Å². The van der Waals surface area contributed by atoms with Gasteiger partial charge in [-0.1, -0.05) is 37.3 Å². The molecule has 0 spiro atoms. The molecule has 0 radical (unpaired) electrons. The number of alkyl halides is 4. The maximum atomic E-state index is 15.6. The van der Waals surface area contributed by atoms with Crippen LogP contribution in [-0.4, -0.2) is 12.5 Å². The zero-order valence-electron chi connectivity index (χ0n) is 19.4. The molecule has 0 amide bonds. The van der Waals surface area contributed by atoms with Crippen molar-refractivity contribution in [3.8, 4) is 11.1 Å². The summed E-state index contributed by atoms with van der Waals surface area (Å²) in [6.07, 6.45) is 3.09. The van der Waals surface area contributed by atoms with Gasteiger partial charge in [0.25, 0.3) is 0 Å². The van der Waals surface area contributed by atoms with Crippen LogP contribution >= 0.6 is 0 Å². The molecule has 2 aromatic rings. The molecule has 0 bridgehead atoms. The summed E-state index contributed by atoms with van der Waals surface area (Å²) in [4.78, 5) is 0. The Balaban J connectivity index is 1.94. The molecule has 4 rings (SSSR count). The second-order valence-corrected chi connectivity index (χ2v) is 8.80.